The quantitative estimate of drug-likeness (QED) is 0.844. The predicted octanol–water partition coefficient (Wildman–Crippen LogP) is 1.73. The van der Waals surface area contributed by atoms with E-state index >= 15 is 0 Å². The van der Waals surface area contributed by atoms with E-state index in [1.807, 2.05) is 6.07 Å². The Morgan fingerprint density at radius 2 is 2.10 bits per heavy atom. The fraction of sp³-hybridized carbons (Fsp3) is 0.133. The van der Waals surface area contributed by atoms with E-state index in [1.54, 1.807) is 42.7 Å². The van der Waals surface area contributed by atoms with Crippen molar-refractivity contribution in [2.45, 2.75) is 6.42 Å². The van der Waals surface area contributed by atoms with Crippen molar-refractivity contribution in [3.05, 3.63) is 54.4 Å². The fourth-order valence-electron chi connectivity index (χ4n) is 1.70. The second-order valence-electron chi connectivity index (χ2n) is 4.30. The molecular formula is C15H14N2O4. The SMILES string of the molecule is O=C(O)COc1cccc(NC(=O)Cc2cccnc2)c1. The number of carbonyl (C=O) groups excluding carboxylic acids is 1. The molecule has 2 rings (SSSR count). The summed E-state index contributed by atoms with van der Waals surface area (Å²) in [7, 11) is 0. The molecule has 1 aromatic carbocycles. The van der Waals surface area contributed by atoms with E-state index in [2.05, 4.69) is 10.3 Å². The number of hydrogen-bond acceptors (Lipinski definition) is 4. The Kier molecular flexibility index (Phi) is 4.87. The molecule has 0 aliphatic heterocycles. The van der Waals surface area contributed by atoms with Gasteiger partial charge in [-0.3, -0.25) is 9.78 Å². The Labute approximate surface area is 121 Å². The number of carboxylic acids is 1. The lowest BCUT2D eigenvalue weighted by Gasteiger charge is -2.08. The lowest BCUT2D eigenvalue weighted by Crippen LogP contribution is -2.14. The van der Waals surface area contributed by atoms with Crippen LogP contribution in [0.15, 0.2) is 48.8 Å². The first-order valence-electron chi connectivity index (χ1n) is 6.27. The van der Waals surface area contributed by atoms with E-state index in [0.29, 0.717) is 11.4 Å². The van der Waals surface area contributed by atoms with E-state index < -0.39 is 12.6 Å². The zero-order chi connectivity index (χ0) is 15.1. The summed E-state index contributed by atoms with van der Waals surface area (Å²) in [6.45, 7) is -0.424. The van der Waals surface area contributed by atoms with Crippen molar-refractivity contribution in [1.29, 1.82) is 0 Å². The van der Waals surface area contributed by atoms with Crippen molar-refractivity contribution >= 4 is 17.6 Å². The molecule has 0 saturated carbocycles. The van der Waals surface area contributed by atoms with Gasteiger partial charge in [-0.25, -0.2) is 4.79 Å². The van der Waals surface area contributed by atoms with Gasteiger partial charge in [-0.05, 0) is 23.8 Å². The van der Waals surface area contributed by atoms with E-state index in [0.717, 1.165) is 5.56 Å². The second-order valence-corrected chi connectivity index (χ2v) is 4.30. The smallest absolute Gasteiger partial charge is 0.341 e. The summed E-state index contributed by atoms with van der Waals surface area (Å²) < 4.78 is 5.05. The number of nitrogens with zero attached hydrogens (tertiary/aromatic N) is 1. The number of pyridine rings is 1. The number of rotatable bonds is 6. The van der Waals surface area contributed by atoms with Gasteiger partial charge in [0.05, 0.1) is 6.42 Å². The maximum Gasteiger partial charge on any atom is 0.341 e. The van der Waals surface area contributed by atoms with Gasteiger partial charge in [0.2, 0.25) is 5.91 Å². The number of carboxylic acid groups (broad SMARTS) is 1. The van der Waals surface area contributed by atoms with Crippen LogP contribution in [0.3, 0.4) is 0 Å². The van der Waals surface area contributed by atoms with Gasteiger partial charge in [0.15, 0.2) is 6.61 Å². The molecule has 0 aliphatic carbocycles. The van der Waals surface area contributed by atoms with Crippen LogP contribution in [0.4, 0.5) is 5.69 Å². The lowest BCUT2D eigenvalue weighted by atomic mass is 10.2. The highest BCUT2D eigenvalue weighted by molar-refractivity contribution is 5.92. The van der Waals surface area contributed by atoms with Crippen LogP contribution < -0.4 is 10.1 Å². The third-order valence-electron chi connectivity index (χ3n) is 2.57. The maximum atomic E-state index is 11.9. The Hall–Kier alpha value is -2.89. The normalized spacial score (nSPS) is 9.90. The number of ether oxygens (including phenoxy) is 1. The summed E-state index contributed by atoms with van der Waals surface area (Å²) >= 11 is 0. The minimum atomic E-state index is -1.05. The molecule has 108 valence electrons. The predicted molar refractivity (Wildman–Crippen MR) is 76.1 cm³/mol. The minimum Gasteiger partial charge on any atom is -0.482 e. The third kappa shape index (κ3) is 4.94. The topological polar surface area (TPSA) is 88.5 Å². The first kappa shape index (κ1) is 14.5. The molecule has 2 N–H and O–H groups in total. The monoisotopic (exact) mass is 286 g/mol. The highest BCUT2D eigenvalue weighted by atomic mass is 16.5. The van der Waals surface area contributed by atoms with E-state index in [-0.39, 0.29) is 12.3 Å². The van der Waals surface area contributed by atoms with Crippen LogP contribution >= 0.6 is 0 Å². The van der Waals surface area contributed by atoms with E-state index in [4.69, 9.17) is 9.84 Å². The summed E-state index contributed by atoms with van der Waals surface area (Å²) in [5.41, 5.74) is 1.36. The summed E-state index contributed by atoms with van der Waals surface area (Å²) in [6.07, 6.45) is 3.49. The van der Waals surface area contributed by atoms with Crippen molar-refractivity contribution in [3.63, 3.8) is 0 Å². The molecule has 0 fully saturated rings. The van der Waals surface area contributed by atoms with Crippen LogP contribution in [0.5, 0.6) is 5.75 Å². The van der Waals surface area contributed by atoms with Gasteiger partial charge in [0.1, 0.15) is 5.75 Å². The molecule has 0 atom stereocenters. The van der Waals surface area contributed by atoms with Gasteiger partial charge in [-0.1, -0.05) is 12.1 Å². The van der Waals surface area contributed by atoms with E-state index in [1.165, 1.54) is 0 Å². The number of carbonyl (C=O) groups is 2. The number of hydrogen-bond donors (Lipinski definition) is 2. The van der Waals surface area contributed by atoms with Crippen LogP contribution in [0.25, 0.3) is 0 Å². The van der Waals surface area contributed by atoms with Crippen molar-refractivity contribution in [2.24, 2.45) is 0 Å². The zero-order valence-electron chi connectivity index (χ0n) is 11.2. The first-order chi connectivity index (χ1) is 10.1. The Morgan fingerprint density at radius 1 is 1.24 bits per heavy atom. The number of aliphatic carboxylic acids is 1. The number of nitrogens with one attached hydrogen (secondary N) is 1. The molecule has 1 amide bonds. The highest BCUT2D eigenvalue weighted by Gasteiger charge is 2.05. The molecule has 0 bridgehead atoms. The van der Waals surface area contributed by atoms with Crippen LogP contribution in [0.2, 0.25) is 0 Å². The Morgan fingerprint density at radius 3 is 2.81 bits per heavy atom. The van der Waals surface area contributed by atoms with Crippen molar-refractivity contribution < 1.29 is 19.4 Å². The number of aromatic nitrogens is 1. The standard InChI is InChI=1S/C15H14N2O4/c18-14(7-11-3-2-6-16-9-11)17-12-4-1-5-13(8-12)21-10-15(19)20/h1-6,8-9H,7,10H2,(H,17,18)(H,19,20). The molecule has 0 saturated heterocycles. The second kappa shape index (κ2) is 7.04. The molecule has 6 nitrogen and oxygen atoms in total. The molecular weight excluding hydrogens is 272 g/mol. The number of benzene rings is 1. The Balaban J connectivity index is 1.94. The summed E-state index contributed by atoms with van der Waals surface area (Å²) in [5, 5.41) is 11.3. The van der Waals surface area contributed by atoms with Gasteiger partial charge in [-0.15, -0.1) is 0 Å². The van der Waals surface area contributed by atoms with Gasteiger partial charge in [0.25, 0.3) is 0 Å². The van der Waals surface area contributed by atoms with Crippen molar-refractivity contribution in [1.82, 2.24) is 4.98 Å². The maximum absolute atomic E-state index is 11.9. The molecule has 0 unspecified atom stereocenters. The van der Waals surface area contributed by atoms with Gasteiger partial charge in [-0.2, -0.15) is 0 Å². The summed E-state index contributed by atoms with van der Waals surface area (Å²) in [6, 6.07) is 10.2. The minimum absolute atomic E-state index is 0.182. The van der Waals surface area contributed by atoms with Crippen LogP contribution in [0.1, 0.15) is 5.56 Å². The van der Waals surface area contributed by atoms with Crippen LogP contribution in [-0.4, -0.2) is 28.6 Å². The molecule has 0 aliphatic rings. The third-order valence-corrected chi connectivity index (χ3v) is 2.57. The van der Waals surface area contributed by atoms with Gasteiger partial charge < -0.3 is 15.2 Å². The average Bonchev–Trinajstić information content (AvgIpc) is 2.46. The lowest BCUT2D eigenvalue weighted by molar-refractivity contribution is -0.139. The zero-order valence-corrected chi connectivity index (χ0v) is 11.2. The van der Waals surface area contributed by atoms with Crippen molar-refractivity contribution in [2.75, 3.05) is 11.9 Å². The average molecular weight is 286 g/mol. The molecule has 0 spiro atoms. The van der Waals surface area contributed by atoms with E-state index in [9.17, 15) is 9.59 Å². The number of amides is 1. The first-order valence-corrected chi connectivity index (χ1v) is 6.27. The van der Waals surface area contributed by atoms with Crippen molar-refractivity contribution in [3.8, 4) is 5.75 Å². The van der Waals surface area contributed by atoms with Crippen LogP contribution in [0, 0.1) is 0 Å². The summed E-state index contributed by atoms with van der Waals surface area (Å²) in [5.74, 6) is -0.851. The van der Waals surface area contributed by atoms with Crippen LogP contribution in [-0.2, 0) is 16.0 Å². The molecule has 0 radical (unpaired) electrons. The molecule has 2 aromatic rings. The molecule has 1 heterocycles. The van der Waals surface area contributed by atoms with Gasteiger partial charge >= 0.3 is 5.97 Å². The van der Waals surface area contributed by atoms with Gasteiger partial charge in [0, 0.05) is 24.1 Å². The fourth-order valence-corrected chi connectivity index (χ4v) is 1.70. The Bertz CT molecular complexity index is 629. The number of anilines is 1. The summed E-state index contributed by atoms with van der Waals surface area (Å²) in [4.78, 5) is 26.3. The molecule has 6 heteroatoms. The highest BCUT2D eigenvalue weighted by Crippen LogP contribution is 2.17. The molecule has 21 heavy (non-hydrogen) atoms. The molecule has 1 aromatic heterocycles. The largest absolute Gasteiger partial charge is 0.482 e.